The molecule has 1 aliphatic rings. The number of carboxylic acid groups (broad SMARTS) is 1. The number of carbonyl (C=O) groups excluding carboxylic acids is 2. The zero-order chi connectivity index (χ0) is 25.0. The van der Waals surface area contributed by atoms with Crippen LogP contribution in [-0.2, 0) is 20.9 Å². The summed E-state index contributed by atoms with van der Waals surface area (Å²) in [7, 11) is 0. The highest BCUT2D eigenvalue weighted by atomic mass is 16.5. The number of benzene rings is 2. The second kappa shape index (κ2) is 10.7. The molecule has 3 rings (SSSR count). The Labute approximate surface area is 201 Å². The molecule has 0 saturated carbocycles. The summed E-state index contributed by atoms with van der Waals surface area (Å²) in [5.74, 6) is -3.10. The van der Waals surface area contributed by atoms with Crippen LogP contribution in [0, 0.1) is 11.8 Å². The predicted octanol–water partition coefficient (Wildman–Crippen LogP) is 4.73. The van der Waals surface area contributed by atoms with Crippen LogP contribution in [0.4, 0.5) is 4.79 Å². The van der Waals surface area contributed by atoms with Crippen molar-refractivity contribution < 1.29 is 24.2 Å². The minimum atomic E-state index is -1.16. The lowest BCUT2D eigenvalue weighted by molar-refractivity contribution is -0.152. The summed E-state index contributed by atoms with van der Waals surface area (Å²) in [6.45, 7) is 9.39. The Morgan fingerprint density at radius 3 is 1.97 bits per heavy atom. The maximum absolute atomic E-state index is 13.9. The lowest BCUT2D eigenvalue weighted by Gasteiger charge is -2.39. The van der Waals surface area contributed by atoms with E-state index in [1.165, 1.54) is 4.90 Å². The average Bonchev–Trinajstić information content (AvgIpc) is 3.11. The van der Waals surface area contributed by atoms with E-state index in [2.05, 4.69) is 0 Å². The van der Waals surface area contributed by atoms with Crippen LogP contribution in [0.25, 0.3) is 0 Å². The van der Waals surface area contributed by atoms with E-state index in [0.29, 0.717) is 5.56 Å². The standard InChI is InChI=1S/C27H34N2O5/c1-17(2)28(18(3)4)27(33)29-23(25(30)31)19(5)22(24(29)21-14-10-7-11-15-21)26(32)34-16-20-12-8-6-9-13-20/h6-15,17-19,22-24H,16H2,1-5H3,(H,30,31). The van der Waals surface area contributed by atoms with Crippen molar-refractivity contribution in [2.24, 2.45) is 11.8 Å². The molecule has 1 aliphatic heterocycles. The molecule has 4 atom stereocenters. The van der Waals surface area contributed by atoms with Crippen molar-refractivity contribution in [1.29, 1.82) is 0 Å². The fourth-order valence-corrected chi connectivity index (χ4v) is 5.02. The van der Waals surface area contributed by atoms with Crippen LogP contribution in [0.3, 0.4) is 0 Å². The Bertz CT molecular complexity index is 985. The lowest BCUT2D eigenvalue weighted by atomic mass is 9.85. The first-order valence-electron chi connectivity index (χ1n) is 11.7. The number of esters is 1. The number of rotatable bonds is 7. The molecule has 0 spiro atoms. The summed E-state index contributed by atoms with van der Waals surface area (Å²) in [6.07, 6.45) is 0. The van der Waals surface area contributed by atoms with Crippen molar-refractivity contribution in [1.82, 2.24) is 9.80 Å². The highest BCUT2D eigenvalue weighted by molar-refractivity contribution is 5.87. The molecule has 182 valence electrons. The van der Waals surface area contributed by atoms with Crippen LogP contribution in [0.1, 0.15) is 51.8 Å². The molecule has 2 aromatic rings. The number of hydrogen-bond acceptors (Lipinski definition) is 4. The number of amides is 2. The van der Waals surface area contributed by atoms with Crippen molar-refractivity contribution in [2.45, 2.75) is 65.4 Å². The van der Waals surface area contributed by atoms with E-state index in [0.717, 1.165) is 5.56 Å². The number of carbonyl (C=O) groups is 3. The molecule has 7 heteroatoms. The van der Waals surface area contributed by atoms with E-state index in [1.807, 2.05) is 88.4 Å². The monoisotopic (exact) mass is 466 g/mol. The molecule has 7 nitrogen and oxygen atoms in total. The Morgan fingerprint density at radius 1 is 0.941 bits per heavy atom. The van der Waals surface area contributed by atoms with Gasteiger partial charge in [-0.3, -0.25) is 4.79 Å². The first kappa shape index (κ1) is 25.3. The number of likely N-dealkylation sites (tertiary alicyclic amines) is 1. The van der Waals surface area contributed by atoms with Gasteiger partial charge in [-0.1, -0.05) is 67.6 Å². The first-order chi connectivity index (χ1) is 16.1. The van der Waals surface area contributed by atoms with Crippen LogP contribution in [0.2, 0.25) is 0 Å². The first-order valence-corrected chi connectivity index (χ1v) is 11.7. The summed E-state index contributed by atoms with van der Waals surface area (Å²) in [5, 5.41) is 10.2. The minimum absolute atomic E-state index is 0.0835. The molecule has 4 unspecified atom stereocenters. The molecule has 34 heavy (non-hydrogen) atoms. The van der Waals surface area contributed by atoms with Gasteiger partial charge in [0.05, 0.1) is 12.0 Å². The average molecular weight is 467 g/mol. The fraction of sp³-hybridized carbons (Fsp3) is 0.444. The topological polar surface area (TPSA) is 87.2 Å². The molecular weight excluding hydrogens is 432 g/mol. The SMILES string of the molecule is CC1C(C(=O)OCc2ccccc2)C(c2ccccc2)N(C(=O)N(C(C)C)C(C)C)C1C(=O)O. The van der Waals surface area contributed by atoms with Crippen LogP contribution in [0.5, 0.6) is 0 Å². The highest BCUT2D eigenvalue weighted by Crippen LogP contribution is 2.46. The molecule has 1 fully saturated rings. The van der Waals surface area contributed by atoms with E-state index in [9.17, 15) is 19.5 Å². The van der Waals surface area contributed by atoms with Crippen LogP contribution in [-0.4, -0.2) is 51.0 Å². The summed E-state index contributed by atoms with van der Waals surface area (Å²) in [6, 6.07) is 15.9. The third kappa shape index (κ3) is 5.08. The van der Waals surface area contributed by atoms with Crippen LogP contribution in [0.15, 0.2) is 60.7 Å². The van der Waals surface area contributed by atoms with Gasteiger partial charge in [0.2, 0.25) is 0 Å². The van der Waals surface area contributed by atoms with Crippen molar-refractivity contribution in [3.8, 4) is 0 Å². The second-order valence-electron chi connectivity index (χ2n) is 9.40. The normalized spacial score (nSPS) is 22.1. The van der Waals surface area contributed by atoms with E-state index in [-0.39, 0.29) is 18.7 Å². The quantitative estimate of drug-likeness (QED) is 0.596. The maximum Gasteiger partial charge on any atom is 0.326 e. The number of carboxylic acids is 1. The van der Waals surface area contributed by atoms with Gasteiger partial charge < -0.3 is 19.6 Å². The predicted molar refractivity (Wildman–Crippen MR) is 129 cm³/mol. The Balaban J connectivity index is 2.04. The van der Waals surface area contributed by atoms with Gasteiger partial charge in [-0.25, -0.2) is 9.59 Å². The summed E-state index contributed by atoms with van der Waals surface area (Å²) >= 11 is 0. The van der Waals surface area contributed by atoms with Gasteiger partial charge in [-0.15, -0.1) is 0 Å². The Hall–Kier alpha value is -3.35. The van der Waals surface area contributed by atoms with Gasteiger partial charge in [0, 0.05) is 18.0 Å². The zero-order valence-electron chi connectivity index (χ0n) is 20.4. The molecule has 0 aliphatic carbocycles. The summed E-state index contributed by atoms with van der Waals surface area (Å²) in [5.41, 5.74) is 1.55. The molecule has 0 bridgehead atoms. The molecule has 0 radical (unpaired) electrons. The Kier molecular flexibility index (Phi) is 7.97. The van der Waals surface area contributed by atoms with Crippen molar-refractivity contribution >= 4 is 18.0 Å². The van der Waals surface area contributed by atoms with Gasteiger partial charge in [0.15, 0.2) is 0 Å². The molecule has 2 aromatic carbocycles. The highest BCUT2D eigenvalue weighted by Gasteiger charge is 2.57. The van der Waals surface area contributed by atoms with Gasteiger partial charge in [0.1, 0.15) is 12.6 Å². The van der Waals surface area contributed by atoms with Gasteiger partial charge in [-0.2, -0.15) is 0 Å². The third-order valence-corrected chi connectivity index (χ3v) is 6.45. The van der Waals surface area contributed by atoms with Gasteiger partial charge in [0.25, 0.3) is 0 Å². The van der Waals surface area contributed by atoms with E-state index >= 15 is 0 Å². The minimum Gasteiger partial charge on any atom is -0.480 e. The van der Waals surface area contributed by atoms with E-state index in [4.69, 9.17) is 4.74 Å². The Morgan fingerprint density at radius 2 is 1.47 bits per heavy atom. The smallest absolute Gasteiger partial charge is 0.326 e. The van der Waals surface area contributed by atoms with E-state index in [1.54, 1.807) is 11.8 Å². The fourth-order valence-electron chi connectivity index (χ4n) is 5.02. The second-order valence-corrected chi connectivity index (χ2v) is 9.40. The molecule has 1 N–H and O–H groups in total. The van der Waals surface area contributed by atoms with Crippen molar-refractivity contribution in [3.05, 3.63) is 71.8 Å². The summed E-state index contributed by atoms with van der Waals surface area (Å²) in [4.78, 5) is 42.8. The molecule has 1 heterocycles. The van der Waals surface area contributed by atoms with Crippen LogP contribution < -0.4 is 0 Å². The van der Waals surface area contributed by atoms with Crippen molar-refractivity contribution in [2.75, 3.05) is 0 Å². The molecular formula is C27H34N2O5. The number of nitrogens with zero attached hydrogens (tertiary/aromatic N) is 2. The van der Waals surface area contributed by atoms with Crippen molar-refractivity contribution in [3.63, 3.8) is 0 Å². The maximum atomic E-state index is 13.9. The molecule has 0 aromatic heterocycles. The summed E-state index contributed by atoms with van der Waals surface area (Å²) < 4.78 is 5.66. The number of urea groups is 1. The number of ether oxygens (including phenoxy) is 1. The third-order valence-electron chi connectivity index (χ3n) is 6.45. The largest absolute Gasteiger partial charge is 0.480 e. The van der Waals surface area contributed by atoms with Gasteiger partial charge >= 0.3 is 18.0 Å². The molecule has 1 saturated heterocycles. The van der Waals surface area contributed by atoms with E-state index < -0.39 is 41.9 Å². The van der Waals surface area contributed by atoms with Gasteiger partial charge in [-0.05, 0) is 38.8 Å². The number of hydrogen-bond donors (Lipinski definition) is 1. The molecule has 2 amide bonds. The van der Waals surface area contributed by atoms with Crippen LogP contribution >= 0.6 is 0 Å². The lowest BCUT2D eigenvalue weighted by Crippen LogP contribution is -2.54. The number of aliphatic carboxylic acids is 1. The zero-order valence-corrected chi connectivity index (χ0v) is 20.4.